The zero-order chi connectivity index (χ0) is 14.4. The summed E-state index contributed by atoms with van der Waals surface area (Å²) in [5, 5.41) is 2.07. The highest BCUT2D eigenvalue weighted by Gasteiger charge is 2.24. The maximum absolute atomic E-state index is 6.03. The van der Waals surface area contributed by atoms with Gasteiger partial charge in [-0.2, -0.15) is 0 Å². The second kappa shape index (κ2) is 4.85. The summed E-state index contributed by atoms with van der Waals surface area (Å²) in [6.07, 6.45) is 6.83. The Bertz CT molecular complexity index is 767. The normalized spacial score (nSPS) is 16.4. The fourth-order valence-corrected chi connectivity index (χ4v) is 3.65. The summed E-state index contributed by atoms with van der Waals surface area (Å²) in [5.41, 5.74) is 7.24. The predicted octanol–water partition coefficient (Wildman–Crippen LogP) is 1.50. The SMILES string of the molecule is CC(N)Cc1c(N2CCn3ccnc3C2)nc2sccn12. The van der Waals surface area contributed by atoms with Crippen molar-refractivity contribution >= 4 is 22.1 Å². The van der Waals surface area contributed by atoms with Gasteiger partial charge < -0.3 is 15.2 Å². The first-order valence-corrected chi connectivity index (χ1v) is 8.05. The van der Waals surface area contributed by atoms with Crippen molar-refractivity contribution in [3.05, 3.63) is 35.5 Å². The lowest BCUT2D eigenvalue weighted by Gasteiger charge is -2.28. The maximum atomic E-state index is 6.03. The number of fused-ring (bicyclic) bond motifs is 2. The molecule has 1 aliphatic rings. The molecule has 0 radical (unpaired) electrons. The standard InChI is InChI=1S/C14H18N6S/c1-10(15)8-11-13(17-14-20(11)6-7-21-14)19-5-4-18-3-2-16-12(18)9-19/h2-3,6-7,10H,4-5,8-9,15H2,1H3. The van der Waals surface area contributed by atoms with Gasteiger partial charge in [0.15, 0.2) is 10.8 Å². The number of aromatic nitrogens is 4. The van der Waals surface area contributed by atoms with Crippen molar-refractivity contribution in [2.24, 2.45) is 5.73 Å². The second-order valence-corrected chi connectivity index (χ2v) is 6.45. The van der Waals surface area contributed by atoms with E-state index in [-0.39, 0.29) is 6.04 Å². The Labute approximate surface area is 126 Å². The van der Waals surface area contributed by atoms with Gasteiger partial charge in [0.1, 0.15) is 5.82 Å². The van der Waals surface area contributed by atoms with Crippen LogP contribution in [0, 0.1) is 0 Å². The molecule has 0 saturated heterocycles. The van der Waals surface area contributed by atoms with Gasteiger partial charge >= 0.3 is 0 Å². The van der Waals surface area contributed by atoms with Crippen LogP contribution in [0.3, 0.4) is 0 Å². The summed E-state index contributed by atoms with van der Waals surface area (Å²) in [4.78, 5) is 12.6. The Morgan fingerprint density at radius 3 is 3.14 bits per heavy atom. The van der Waals surface area contributed by atoms with E-state index in [0.717, 1.165) is 42.7 Å². The highest BCUT2D eigenvalue weighted by atomic mass is 32.1. The lowest BCUT2D eigenvalue weighted by Crippen LogP contribution is -2.35. The van der Waals surface area contributed by atoms with Crippen LogP contribution < -0.4 is 10.6 Å². The van der Waals surface area contributed by atoms with Gasteiger partial charge in [-0.05, 0) is 6.92 Å². The van der Waals surface area contributed by atoms with Crippen LogP contribution in [0.4, 0.5) is 5.82 Å². The van der Waals surface area contributed by atoms with Crippen LogP contribution in [-0.4, -0.2) is 31.5 Å². The van der Waals surface area contributed by atoms with E-state index in [1.807, 2.05) is 19.3 Å². The first-order chi connectivity index (χ1) is 10.2. The fraction of sp³-hybridized carbons (Fsp3) is 0.429. The Morgan fingerprint density at radius 1 is 1.38 bits per heavy atom. The predicted molar refractivity (Wildman–Crippen MR) is 83.7 cm³/mol. The highest BCUT2D eigenvalue weighted by molar-refractivity contribution is 7.15. The molecular weight excluding hydrogens is 284 g/mol. The molecule has 0 saturated carbocycles. The van der Waals surface area contributed by atoms with Crippen LogP contribution in [0.2, 0.25) is 0 Å². The first-order valence-electron chi connectivity index (χ1n) is 7.17. The highest BCUT2D eigenvalue weighted by Crippen LogP contribution is 2.28. The Kier molecular flexibility index (Phi) is 2.97. The minimum absolute atomic E-state index is 0.121. The molecule has 0 aromatic carbocycles. The van der Waals surface area contributed by atoms with E-state index in [4.69, 9.17) is 10.7 Å². The number of hydrogen-bond acceptors (Lipinski definition) is 5. The number of rotatable bonds is 3. The number of imidazole rings is 2. The lowest BCUT2D eigenvalue weighted by atomic mass is 10.2. The average Bonchev–Trinajstić information content (AvgIpc) is 3.14. The third kappa shape index (κ3) is 2.13. The summed E-state index contributed by atoms with van der Waals surface area (Å²) in [5.74, 6) is 2.16. The van der Waals surface area contributed by atoms with E-state index in [1.54, 1.807) is 11.3 Å². The summed E-state index contributed by atoms with van der Waals surface area (Å²) in [7, 11) is 0. The smallest absolute Gasteiger partial charge is 0.195 e. The lowest BCUT2D eigenvalue weighted by molar-refractivity contribution is 0.554. The van der Waals surface area contributed by atoms with E-state index in [1.165, 1.54) is 5.69 Å². The molecule has 3 aromatic heterocycles. The van der Waals surface area contributed by atoms with Gasteiger partial charge in [0.25, 0.3) is 0 Å². The molecule has 1 unspecified atom stereocenters. The minimum atomic E-state index is 0.121. The monoisotopic (exact) mass is 302 g/mol. The molecule has 0 aliphatic carbocycles. The van der Waals surface area contributed by atoms with Crippen LogP contribution in [0.15, 0.2) is 24.0 Å². The van der Waals surface area contributed by atoms with Gasteiger partial charge in [-0.1, -0.05) is 0 Å². The van der Waals surface area contributed by atoms with E-state index < -0.39 is 0 Å². The third-order valence-corrected chi connectivity index (χ3v) is 4.66. The minimum Gasteiger partial charge on any atom is -0.346 e. The number of anilines is 1. The van der Waals surface area contributed by atoms with Crippen LogP contribution in [-0.2, 0) is 19.5 Å². The average molecular weight is 302 g/mol. The molecule has 0 amide bonds. The summed E-state index contributed by atoms with van der Waals surface area (Å²) in [6.45, 7) is 4.76. The van der Waals surface area contributed by atoms with Gasteiger partial charge in [-0.15, -0.1) is 11.3 Å². The number of hydrogen-bond donors (Lipinski definition) is 1. The van der Waals surface area contributed by atoms with Gasteiger partial charge in [0, 0.05) is 49.5 Å². The van der Waals surface area contributed by atoms with Gasteiger partial charge in [-0.25, -0.2) is 9.97 Å². The zero-order valence-corrected chi connectivity index (χ0v) is 12.8. The molecule has 6 nitrogen and oxygen atoms in total. The summed E-state index contributed by atoms with van der Waals surface area (Å²) < 4.78 is 4.38. The van der Waals surface area contributed by atoms with Crippen LogP contribution in [0.1, 0.15) is 18.4 Å². The third-order valence-electron chi connectivity index (χ3n) is 3.90. The Balaban J connectivity index is 1.74. The Hall–Kier alpha value is -1.86. The quantitative estimate of drug-likeness (QED) is 0.796. The topological polar surface area (TPSA) is 64.4 Å². The van der Waals surface area contributed by atoms with E-state index in [9.17, 15) is 0 Å². The van der Waals surface area contributed by atoms with Gasteiger partial charge in [0.05, 0.1) is 12.2 Å². The second-order valence-electron chi connectivity index (χ2n) is 5.58. The van der Waals surface area contributed by atoms with E-state index >= 15 is 0 Å². The zero-order valence-electron chi connectivity index (χ0n) is 11.9. The largest absolute Gasteiger partial charge is 0.346 e. The number of nitrogens with two attached hydrogens (primary N) is 1. The summed E-state index contributed by atoms with van der Waals surface area (Å²) >= 11 is 1.66. The van der Waals surface area contributed by atoms with Crippen molar-refractivity contribution in [1.29, 1.82) is 0 Å². The molecule has 1 atom stereocenters. The summed E-state index contributed by atoms with van der Waals surface area (Å²) in [6, 6.07) is 0.121. The van der Waals surface area contributed by atoms with Crippen molar-refractivity contribution in [2.45, 2.75) is 32.5 Å². The van der Waals surface area contributed by atoms with Crippen molar-refractivity contribution in [2.75, 3.05) is 11.4 Å². The fourth-order valence-electron chi connectivity index (χ4n) is 2.92. The number of nitrogens with zero attached hydrogens (tertiary/aromatic N) is 5. The molecule has 1 aliphatic heterocycles. The van der Waals surface area contributed by atoms with Crippen LogP contribution in [0.25, 0.3) is 4.96 Å². The molecule has 3 aromatic rings. The van der Waals surface area contributed by atoms with Crippen molar-refractivity contribution < 1.29 is 0 Å². The van der Waals surface area contributed by atoms with Gasteiger partial charge in [-0.3, -0.25) is 4.40 Å². The molecule has 21 heavy (non-hydrogen) atoms. The Morgan fingerprint density at radius 2 is 2.29 bits per heavy atom. The first kappa shape index (κ1) is 12.8. The molecular formula is C14H18N6S. The van der Waals surface area contributed by atoms with E-state index in [2.05, 4.69) is 30.4 Å². The molecule has 0 fully saturated rings. The molecule has 0 bridgehead atoms. The van der Waals surface area contributed by atoms with Crippen molar-refractivity contribution in [1.82, 2.24) is 18.9 Å². The molecule has 4 heterocycles. The molecule has 7 heteroatoms. The molecule has 0 spiro atoms. The van der Waals surface area contributed by atoms with Gasteiger partial charge in [0.2, 0.25) is 0 Å². The van der Waals surface area contributed by atoms with Crippen molar-refractivity contribution in [3.63, 3.8) is 0 Å². The maximum Gasteiger partial charge on any atom is 0.195 e. The molecule has 4 rings (SSSR count). The van der Waals surface area contributed by atoms with E-state index in [0.29, 0.717) is 0 Å². The van der Waals surface area contributed by atoms with Crippen LogP contribution >= 0.6 is 11.3 Å². The van der Waals surface area contributed by atoms with Crippen molar-refractivity contribution in [3.8, 4) is 0 Å². The molecule has 2 N–H and O–H groups in total. The van der Waals surface area contributed by atoms with Crippen LogP contribution in [0.5, 0.6) is 0 Å². The number of thiazole rings is 1. The molecule has 110 valence electrons.